The number of ether oxygens (including phenoxy) is 2. The molecule has 0 amide bonds. The number of likely N-dealkylation sites (N-methyl/N-ethyl adjacent to an activating group) is 1. The van der Waals surface area contributed by atoms with Crippen LogP contribution >= 0.6 is 0 Å². The number of hydrogen-bond donors (Lipinski definition) is 2. The summed E-state index contributed by atoms with van der Waals surface area (Å²) in [6.45, 7) is 8.93. The van der Waals surface area contributed by atoms with Gasteiger partial charge < -0.3 is 19.9 Å². The Labute approximate surface area is 124 Å². The second-order valence-electron chi connectivity index (χ2n) is 6.55. The zero-order valence-electron chi connectivity index (χ0n) is 13.7. The van der Waals surface area contributed by atoms with Gasteiger partial charge in [-0.3, -0.25) is 0 Å². The molecule has 2 N–H and O–H groups in total. The lowest BCUT2D eigenvalue weighted by Crippen LogP contribution is -2.51. The molecule has 20 heavy (non-hydrogen) atoms. The van der Waals surface area contributed by atoms with E-state index in [1.165, 1.54) is 12.8 Å². The summed E-state index contributed by atoms with van der Waals surface area (Å²) in [5, 5.41) is 13.2. The molecule has 0 saturated heterocycles. The summed E-state index contributed by atoms with van der Waals surface area (Å²) < 4.78 is 11.1. The number of nitrogens with one attached hydrogen (secondary N) is 1. The second-order valence-corrected chi connectivity index (χ2v) is 6.55. The van der Waals surface area contributed by atoms with Gasteiger partial charge in [0.15, 0.2) is 0 Å². The molecule has 1 aliphatic carbocycles. The van der Waals surface area contributed by atoms with Crippen molar-refractivity contribution in [2.24, 2.45) is 5.92 Å². The Morgan fingerprint density at radius 1 is 1.35 bits per heavy atom. The quantitative estimate of drug-likeness (QED) is 0.606. The molecule has 2 unspecified atom stereocenters. The Kier molecular flexibility index (Phi) is 7.45. The summed E-state index contributed by atoms with van der Waals surface area (Å²) in [4.78, 5) is 0. The molecule has 0 aromatic heterocycles. The number of methoxy groups -OCH3 is 1. The molecule has 4 nitrogen and oxygen atoms in total. The van der Waals surface area contributed by atoms with Crippen molar-refractivity contribution >= 4 is 0 Å². The number of aliphatic hydroxyl groups excluding tert-OH is 1. The molecule has 120 valence electrons. The van der Waals surface area contributed by atoms with Gasteiger partial charge in [-0.15, -0.1) is 0 Å². The van der Waals surface area contributed by atoms with E-state index in [1.807, 2.05) is 0 Å². The minimum atomic E-state index is -0.105. The minimum absolute atomic E-state index is 0.0656. The van der Waals surface area contributed by atoms with Gasteiger partial charge in [0.25, 0.3) is 0 Å². The van der Waals surface area contributed by atoms with Crippen LogP contribution in [-0.2, 0) is 9.47 Å². The van der Waals surface area contributed by atoms with Crippen LogP contribution in [0.15, 0.2) is 0 Å². The van der Waals surface area contributed by atoms with Crippen molar-refractivity contribution in [3.8, 4) is 0 Å². The van der Waals surface area contributed by atoms with Crippen LogP contribution in [0.3, 0.4) is 0 Å². The summed E-state index contributed by atoms with van der Waals surface area (Å²) in [6.07, 6.45) is 5.42. The monoisotopic (exact) mass is 287 g/mol. The molecular weight excluding hydrogens is 254 g/mol. The van der Waals surface area contributed by atoms with Crippen molar-refractivity contribution in [1.29, 1.82) is 0 Å². The van der Waals surface area contributed by atoms with Crippen molar-refractivity contribution in [3.63, 3.8) is 0 Å². The predicted octanol–water partition coefficient (Wildman–Crippen LogP) is 2.35. The number of aliphatic hydroxyl groups is 1. The fourth-order valence-corrected chi connectivity index (χ4v) is 3.16. The van der Waals surface area contributed by atoms with E-state index >= 15 is 0 Å². The van der Waals surface area contributed by atoms with Gasteiger partial charge in [0.2, 0.25) is 0 Å². The van der Waals surface area contributed by atoms with E-state index in [0.29, 0.717) is 5.92 Å². The molecule has 0 aliphatic heterocycles. The smallest absolute Gasteiger partial charge is 0.0644 e. The highest BCUT2D eigenvalue weighted by molar-refractivity contribution is 4.98. The maximum absolute atomic E-state index is 9.74. The molecule has 0 radical (unpaired) electrons. The molecule has 1 aliphatic rings. The predicted molar refractivity (Wildman–Crippen MR) is 82.0 cm³/mol. The van der Waals surface area contributed by atoms with E-state index in [1.54, 1.807) is 7.11 Å². The van der Waals surface area contributed by atoms with Crippen molar-refractivity contribution in [2.75, 3.05) is 33.5 Å². The van der Waals surface area contributed by atoms with Gasteiger partial charge >= 0.3 is 0 Å². The SMILES string of the molecule is CCNC1(CO)CCCC1CCOCCC(C)(C)OC. The van der Waals surface area contributed by atoms with E-state index in [9.17, 15) is 5.11 Å². The molecule has 2 atom stereocenters. The van der Waals surface area contributed by atoms with E-state index in [-0.39, 0.29) is 17.7 Å². The fourth-order valence-electron chi connectivity index (χ4n) is 3.16. The fraction of sp³-hybridized carbons (Fsp3) is 1.00. The Bertz CT molecular complexity index is 270. The third-order valence-corrected chi connectivity index (χ3v) is 4.78. The van der Waals surface area contributed by atoms with Crippen molar-refractivity contribution < 1.29 is 14.6 Å². The molecular formula is C16H33NO3. The first kappa shape index (κ1) is 17.9. The first-order valence-corrected chi connectivity index (χ1v) is 7.98. The molecule has 0 bridgehead atoms. The largest absolute Gasteiger partial charge is 0.394 e. The van der Waals surface area contributed by atoms with Crippen LogP contribution in [0, 0.1) is 5.92 Å². The van der Waals surface area contributed by atoms with Crippen LogP contribution in [0.5, 0.6) is 0 Å². The zero-order valence-corrected chi connectivity index (χ0v) is 13.7. The highest BCUT2D eigenvalue weighted by atomic mass is 16.5. The first-order valence-electron chi connectivity index (χ1n) is 7.98. The lowest BCUT2D eigenvalue weighted by atomic mass is 9.85. The molecule has 1 saturated carbocycles. The third-order valence-electron chi connectivity index (χ3n) is 4.78. The Morgan fingerprint density at radius 2 is 2.10 bits per heavy atom. The summed E-state index contributed by atoms with van der Waals surface area (Å²) in [6, 6.07) is 0. The minimum Gasteiger partial charge on any atom is -0.394 e. The Balaban J connectivity index is 2.27. The third kappa shape index (κ3) is 4.99. The van der Waals surface area contributed by atoms with Gasteiger partial charge in [-0.25, -0.2) is 0 Å². The Morgan fingerprint density at radius 3 is 2.70 bits per heavy atom. The standard InChI is InChI=1S/C16H33NO3/c1-5-17-16(13-18)9-6-7-14(16)8-11-20-12-10-15(2,3)19-4/h14,17-18H,5-13H2,1-4H3. The van der Waals surface area contributed by atoms with E-state index in [4.69, 9.17) is 9.47 Å². The van der Waals surface area contributed by atoms with Crippen molar-refractivity contribution in [3.05, 3.63) is 0 Å². The van der Waals surface area contributed by atoms with Gasteiger partial charge in [0.1, 0.15) is 0 Å². The second kappa shape index (κ2) is 8.32. The number of rotatable bonds is 10. The van der Waals surface area contributed by atoms with Crippen LogP contribution in [0.4, 0.5) is 0 Å². The topological polar surface area (TPSA) is 50.7 Å². The molecule has 0 aromatic carbocycles. The molecule has 0 spiro atoms. The highest BCUT2D eigenvalue weighted by Gasteiger charge is 2.41. The maximum atomic E-state index is 9.74. The van der Waals surface area contributed by atoms with Gasteiger partial charge in [0, 0.05) is 25.9 Å². The van der Waals surface area contributed by atoms with Crippen LogP contribution in [0.25, 0.3) is 0 Å². The lowest BCUT2D eigenvalue weighted by molar-refractivity contribution is -0.0127. The van der Waals surface area contributed by atoms with Crippen molar-refractivity contribution in [2.45, 2.75) is 64.0 Å². The molecule has 4 heteroatoms. The van der Waals surface area contributed by atoms with E-state index < -0.39 is 0 Å². The van der Waals surface area contributed by atoms with Gasteiger partial charge in [-0.1, -0.05) is 13.3 Å². The van der Waals surface area contributed by atoms with Crippen molar-refractivity contribution in [1.82, 2.24) is 5.32 Å². The van der Waals surface area contributed by atoms with Crippen LogP contribution in [0.2, 0.25) is 0 Å². The number of hydrogen-bond acceptors (Lipinski definition) is 4. The van der Waals surface area contributed by atoms with Gasteiger partial charge in [-0.2, -0.15) is 0 Å². The summed E-state index contributed by atoms with van der Waals surface area (Å²) in [5.41, 5.74) is -0.171. The van der Waals surface area contributed by atoms with Crippen LogP contribution < -0.4 is 5.32 Å². The van der Waals surface area contributed by atoms with Gasteiger partial charge in [0.05, 0.1) is 12.2 Å². The Hall–Kier alpha value is -0.160. The average molecular weight is 287 g/mol. The zero-order chi connectivity index (χ0) is 15.1. The molecule has 0 aromatic rings. The molecule has 0 heterocycles. The molecule has 1 rings (SSSR count). The molecule has 1 fully saturated rings. The lowest BCUT2D eigenvalue weighted by Gasteiger charge is -2.35. The highest BCUT2D eigenvalue weighted by Crippen LogP contribution is 2.37. The summed E-state index contributed by atoms with van der Waals surface area (Å²) in [5.74, 6) is 0.530. The maximum Gasteiger partial charge on any atom is 0.0644 e. The van der Waals surface area contributed by atoms with E-state index in [0.717, 1.165) is 39.0 Å². The van der Waals surface area contributed by atoms with Crippen LogP contribution in [-0.4, -0.2) is 49.7 Å². The van der Waals surface area contributed by atoms with E-state index in [2.05, 4.69) is 26.1 Å². The van der Waals surface area contributed by atoms with Gasteiger partial charge in [-0.05, 0) is 52.0 Å². The first-order chi connectivity index (χ1) is 9.49. The summed E-state index contributed by atoms with van der Waals surface area (Å²) >= 11 is 0. The normalized spacial score (nSPS) is 27.1. The summed E-state index contributed by atoms with van der Waals surface area (Å²) in [7, 11) is 1.74. The average Bonchev–Trinajstić information content (AvgIpc) is 2.82. The van der Waals surface area contributed by atoms with Crippen LogP contribution in [0.1, 0.15) is 52.9 Å².